The van der Waals surface area contributed by atoms with Crippen LogP contribution in [0.3, 0.4) is 0 Å². The quantitative estimate of drug-likeness (QED) is 0.407. The fourth-order valence-corrected chi connectivity index (χ4v) is 4.97. The lowest BCUT2D eigenvalue weighted by molar-refractivity contribution is 0.149. The van der Waals surface area contributed by atoms with Crippen LogP contribution in [0.25, 0.3) is 44.6 Å². The smallest absolute Gasteiger partial charge is 0.182 e. The van der Waals surface area contributed by atoms with E-state index in [9.17, 15) is 0 Å². The number of rotatable bonds is 5. The van der Waals surface area contributed by atoms with Crippen molar-refractivity contribution in [1.29, 1.82) is 0 Å². The van der Waals surface area contributed by atoms with E-state index in [0.717, 1.165) is 72.5 Å². The summed E-state index contributed by atoms with van der Waals surface area (Å²) in [5, 5.41) is 16.7. The number of nitrogens with zero attached hydrogens (tertiary/aromatic N) is 6. The van der Waals surface area contributed by atoms with E-state index in [2.05, 4.69) is 50.2 Å². The molecule has 3 aromatic heterocycles. The molecule has 8 heteroatoms. The van der Waals surface area contributed by atoms with Crippen molar-refractivity contribution in [3.63, 3.8) is 0 Å². The van der Waals surface area contributed by atoms with Crippen molar-refractivity contribution in [2.24, 2.45) is 0 Å². The summed E-state index contributed by atoms with van der Waals surface area (Å²) < 4.78 is 1.96. The molecule has 34 heavy (non-hydrogen) atoms. The van der Waals surface area contributed by atoms with E-state index >= 15 is 0 Å². The Morgan fingerprint density at radius 3 is 2.44 bits per heavy atom. The minimum absolute atomic E-state index is 0.579. The van der Waals surface area contributed by atoms with Gasteiger partial charge in [0, 0.05) is 49.2 Å². The number of aromatic nitrogens is 5. The summed E-state index contributed by atoms with van der Waals surface area (Å²) in [6, 6.07) is 20.3. The average Bonchev–Trinajstić information content (AvgIpc) is 3.46. The predicted molar refractivity (Wildman–Crippen MR) is 137 cm³/mol. The highest BCUT2D eigenvalue weighted by molar-refractivity contribution is 6.38. The third kappa shape index (κ3) is 3.86. The lowest BCUT2D eigenvalue weighted by atomic mass is 10.1. The van der Waals surface area contributed by atoms with E-state index in [1.165, 1.54) is 0 Å². The SMILES string of the molecule is CN1CCN(CCn2nc(-c3cc4ccccc4[nH]3)c3c(Cl)c(-c4ccccc4)nnc32)CC1. The van der Waals surface area contributed by atoms with Crippen molar-refractivity contribution in [2.75, 3.05) is 39.8 Å². The zero-order chi connectivity index (χ0) is 23.1. The number of hydrogen-bond donors (Lipinski definition) is 1. The van der Waals surface area contributed by atoms with Crippen molar-refractivity contribution in [2.45, 2.75) is 6.54 Å². The molecule has 0 amide bonds. The number of H-pyrrole nitrogens is 1. The normalized spacial score (nSPS) is 15.5. The lowest BCUT2D eigenvalue weighted by Gasteiger charge is -2.32. The van der Waals surface area contributed by atoms with Gasteiger partial charge in [-0.3, -0.25) is 4.90 Å². The predicted octanol–water partition coefficient (Wildman–Crippen LogP) is 4.54. The monoisotopic (exact) mass is 471 g/mol. The van der Waals surface area contributed by atoms with Crippen LogP contribution in [-0.4, -0.2) is 74.5 Å². The number of halogens is 1. The molecule has 1 aliphatic heterocycles. The van der Waals surface area contributed by atoms with E-state index < -0.39 is 0 Å². The van der Waals surface area contributed by atoms with Crippen molar-refractivity contribution < 1.29 is 0 Å². The van der Waals surface area contributed by atoms with Crippen molar-refractivity contribution >= 4 is 33.5 Å². The Hall–Kier alpha value is -3.26. The molecule has 7 nitrogen and oxygen atoms in total. The summed E-state index contributed by atoms with van der Waals surface area (Å²) in [4.78, 5) is 8.36. The van der Waals surface area contributed by atoms with Gasteiger partial charge in [-0.05, 0) is 19.2 Å². The fraction of sp³-hybridized carbons (Fsp3) is 0.269. The Bertz CT molecular complexity index is 1420. The van der Waals surface area contributed by atoms with E-state index in [4.69, 9.17) is 16.7 Å². The molecule has 0 aliphatic carbocycles. The molecular formula is C26H26ClN7. The summed E-state index contributed by atoms with van der Waals surface area (Å²) >= 11 is 7.02. The van der Waals surface area contributed by atoms with Crippen molar-refractivity contribution in [3.05, 3.63) is 65.7 Å². The molecule has 0 bridgehead atoms. The molecule has 172 valence electrons. The van der Waals surface area contributed by atoms with Gasteiger partial charge in [0.25, 0.3) is 0 Å². The van der Waals surface area contributed by atoms with Crippen LogP contribution >= 0.6 is 11.6 Å². The molecule has 6 rings (SSSR count). The third-order valence-electron chi connectivity index (χ3n) is 6.65. The van der Waals surface area contributed by atoms with Gasteiger partial charge in [0.05, 0.1) is 22.6 Å². The molecule has 5 aromatic rings. The second kappa shape index (κ2) is 8.83. The highest BCUT2D eigenvalue weighted by Gasteiger charge is 2.23. The molecule has 0 saturated carbocycles. The van der Waals surface area contributed by atoms with Gasteiger partial charge in [-0.2, -0.15) is 5.10 Å². The first kappa shape index (κ1) is 21.3. The van der Waals surface area contributed by atoms with Crippen LogP contribution in [-0.2, 0) is 6.54 Å². The van der Waals surface area contributed by atoms with Crippen LogP contribution in [0.1, 0.15) is 0 Å². The standard InChI is InChI=1S/C26H26ClN7/c1-32-11-13-33(14-12-32)15-16-34-26-22(23(27)24(29-30-26)18-7-3-2-4-8-18)25(31-34)21-17-19-9-5-6-10-20(19)28-21/h2-10,17,28H,11-16H2,1H3. The summed E-state index contributed by atoms with van der Waals surface area (Å²) in [5.74, 6) is 0. The second-order valence-corrected chi connectivity index (χ2v) is 9.29. The van der Waals surface area contributed by atoms with Gasteiger partial charge in [0.15, 0.2) is 5.65 Å². The summed E-state index contributed by atoms with van der Waals surface area (Å²) in [7, 11) is 2.17. The first-order chi connectivity index (χ1) is 16.7. The maximum atomic E-state index is 7.02. The number of benzene rings is 2. The van der Waals surface area contributed by atoms with E-state index in [0.29, 0.717) is 16.4 Å². The first-order valence-corrected chi connectivity index (χ1v) is 12.0. The molecule has 1 saturated heterocycles. The van der Waals surface area contributed by atoms with Gasteiger partial charge in [0.1, 0.15) is 11.4 Å². The van der Waals surface area contributed by atoms with Crippen LogP contribution in [0.15, 0.2) is 60.7 Å². The summed E-state index contributed by atoms with van der Waals surface area (Å²) in [6.45, 7) is 5.95. The first-order valence-electron chi connectivity index (χ1n) is 11.6. The van der Waals surface area contributed by atoms with Gasteiger partial charge >= 0.3 is 0 Å². The number of hydrogen-bond acceptors (Lipinski definition) is 5. The second-order valence-electron chi connectivity index (χ2n) is 8.91. The van der Waals surface area contributed by atoms with E-state index in [1.807, 2.05) is 47.1 Å². The number of aromatic amines is 1. The summed E-state index contributed by atoms with van der Waals surface area (Å²) in [6.07, 6.45) is 0. The molecule has 0 unspecified atom stereocenters. The molecule has 4 heterocycles. The molecular weight excluding hydrogens is 446 g/mol. The zero-order valence-corrected chi connectivity index (χ0v) is 19.8. The molecule has 1 N–H and O–H groups in total. The Balaban J connectivity index is 1.45. The van der Waals surface area contributed by atoms with Crippen LogP contribution in [0, 0.1) is 0 Å². The van der Waals surface area contributed by atoms with Gasteiger partial charge in [-0.15, -0.1) is 10.2 Å². The number of nitrogens with one attached hydrogen (secondary N) is 1. The number of fused-ring (bicyclic) bond motifs is 2. The Morgan fingerprint density at radius 1 is 0.882 bits per heavy atom. The lowest BCUT2D eigenvalue weighted by Crippen LogP contribution is -2.45. The average molecular weight is 472 g/mol. The largest absolute Gasteiger partial charge is 0.353 e. The van der Waals surface area contributed by atoms with E-state index in [1.54, 1.807) is 0 Å². The van der Waals surface area contributed by atoms with Gasteiger partial charge in [-0.1, -0.05) is 60.1 Å². The molecule has 1 fully saturated rings. The zero-order valence-electron chi connectivity index (χ0n) is 19.1. The van der Waals surface area contributed by atoms with Gasteiger partial charge in [0.2, 0.25) is 0 Å². The Morgan fingerprint density at radius 2 is 1.65 bits per heavy atom. The fourth-order valence-electron chi connectivity index (χ4n) is 4.65. The van der Waals surface area contributed by atoms with Crippen molar-refractivity contribution in [3.8, 4) is 22.6 Å². The number of para-hydroxylation sites is 1. The minimum atomic E-state index is 0.579. The molecule has 1 aliphatic rings. The van der Waals surface area contributed by atoms with Crippen LogP contribution in [0.5, 0.6) is 0 Å². The van der Waals surface area contributed by atoms with Crippen molar-refractivity contribution in [1.82, 2.24) is 34.8 Å². The Labute approximate surface area is 203 Å². The highest BCUT2D eigenvalue weighted by atomic mass is 35.5. The molecule has 0 atom stereocenters. The maximum absolute atomic E-state index is 7.02. The Kier molecular flexibility index (Phi) is 5.53. The topological polar surface area (TPSA) is 65.9 Å². The minimum Gasteiger partial charge on any atom is -0.353 e. The maximum Gasteiger partial charge on any atom is 0.182 e. The number of likely N-dealkylation sites (N-methyl/N-ethyl adjacent to an activating group) is 1. The van der Waals surface area contributed by atoms with Gasteiger partial charge in [-0.25, -0.2) is 4.68 Å². The molecule has 2 aromatic carbocycles. The third-order valence-corrected chi connectivity index (χ3v) is 7.02. The number of piperazine rings is 1. The van der Waals surface area contributed by atoms with E-state index in [-0.39, 0.29) is 0 Å². The molecule has 0 radical (unpaired) electrons. The van der Waals surface area contributed by atoms with Gasteiger partial charge < -0.3 is 9.88 Å². The van der Waals surface area contributed by atoms with Crippen LogP contribution in [0.2, 0.25) is 5.02 Å². The van der Waals surface area contributed by atoms with Crippen LogP contribution < -0.4 is 0 Å². The molecule has 0 spiro atoms. The summed E-state index contributed by atoms with van der Waals surface area (Å²) in [5.41, 5.74) is 5.13. The highest BCUT2D eigenvalue weighted by Crippen LogP contribution is 2.37. The van der Waals surface area contributed by atoms with Crippen LogP contribution in [0.4, 0.5) is 0 Å².